The Hall–Kier alpha value is -1.02. The molecular formula is C20H32Cl2N4O2S. The van der Waals surface area contributed by atoms with Crippen LogP contribution in [0, 0.1) is 5.92 Å². The third-order valence-corrected chi connectivity index (χ3v) is 6.46. The van der Waals surface area contributed by atoms with Crippen LogP contribution in [0.2, 0.25) is 0 Å². The first-order chi connectivity index (χ1) is 13.1. The molecule has 1 N–H and O–H groups in total. The van der Waals surface area contributed by atoms with Gasteiger partial charge in [-0.25, -0.2) is 4.98 Å². The largest absolute Gasteiger partial charge is 0.342 e. The molecule has 0 bridgehead atoms. The molecule has 3 heterocycles. The number of nitrogens with one attached hydrogen (secondary N) is 1. The van der Waals surface area contributed by atoms with Crippen molar-refractivity contribution >= 4 is 48.4 Å². The number of aromatic nitrogens is 1. The maximum absolute atomic E-state index is 13.1. The van der Waals surface area contributed by atoms with Gasteiger partial charge in [-0.1, -0.05) is 11.8 Å². The molecule has 0 aromatic carbocycles. The first-order valence-electron chi connectivity index (χ1n) is 9.94. The van der Waals surface area contributed by atoms with Crippen LogP contribution in [0.5, 0.6) is 0 Å². The lowest BCUT2D eigenvalue weighted by molar-refractivity contribution is -0.129. The van der Waals surface area contributed by atoms with E-state index in [0.29, 0.717) is 16.5 Å². The van der Waals surface area contributed by atoms with Gasteiger partial charge in [-0.15, -0.1) is 24.8 Å². The normalized spacial score (nSPS) is 19.9. The Morgan fingerprint density at radius 3 is 2.59 bits per heavy atom. The van der Waals surface area contributed by atoms with E-state index in [1.54, 1.807) is 12.3 Å². The van der Waals surface area contributed by atoms with Gasteiger partial charge < -0.3 is 15.1 Å². The monoisotopic (exact) mass is 462 g/mol. The second kappa shape index (κ2) is 12.6. The molecule has 6 nitrogen and oxygen atoms in total. The zero-order valence-corrected chi connectivity index (χ0v) is 19.6. The Morgan fingerprint density at radius 2 is 1.90 bits per heavy atom. The molecule has 0 radical (unpaired) electrons. The molecule has 9 heteroatoms. The molecule has 0 saturated carbocycles. The summed E-state index contributed by atoms with van der Waals surface area (Å²) in [6, 6.07) is 3.64. The third-order valence-electron chi connectivity index (χ3n) is 5.35. The van der Waals surface area contributed by atoms with Crippen LogP contribution in [0.15, 0.2) is 23.4 Å². The van der Waals surface area contributed by atoms with Crippen molar-refractivity contribution in [2.24, 2.45) is 5.92 Å². The van der Waals surface area contributed by atoms with E-state index in [1.165, 1.54) is 11.8 Å². The number of halogens is 2. The number of likely N-dealkylation sites (tertiary alicyclic amines) is 2. The summed E-state index contributed by atoms with van der Waals surface area (Å²) in [5, 5.41) is 3.65. The van der Waals surface area contributed by atoms with Crippen LogP contribution in [0.25, 0.3) is 0 Å². The highest BCUT2D eigenvalue weighted by atomic mass is 35.5. The summed E-state index contributed by atoms with van der Waals surface area (Å²) in [5.74, 6) is 0.678. The number of rotatable bonds is 6. The zero-order chi connectivity index (χ0) is 19.2. The highest BCUT2D eigenvalue weighted by Gasteiger charge is 2.29. The van der Waals surface area contributed by atoms with Crippen molar-refractivity contribution in [2.75, 3.05) is 39.8 Å². The summed E-state index contributed by atoms with van der Waals surface area (Å²) in [5.41, 5.74) is 0.619. The van der Waals surface area contributed by atoms with E-state index >= 15 is 0 Å². The van der Waals surface area contributed by atoms with E-state index in [0.717, 1.165) is 58.4 Å². The highest BCUT2D eigenvalue weighted by molar-refractivity contribution is 8.00. The molecule has 164 valence electrons. The van der Waals surface area contributed by atoms with E-state index in [2.05, 4.69) is 10.3 Å². The zero-order valence-electron chi connectivity index (χ0n) is 17.1. The fourth-order valence-corrected chi connectivity index (χ4v) is 4.92. The van der Waals surface area contributed by atoms with Crippen molar-refractivity contribution < 1.29 is 9.59 Å². The van der Waals surface area contributed by atoms with Crippen molar-refractivity contribution in [1.82, 2.24) is 20.1 Å². The molecule has 2 saturated heterocycles. The molecule has 2 aliphatic rings. The molecule has 2 aliphatic heterocycles. The van der Waals surface area contributed by atoms with Crippen molar-refractivity contribution in [2.45, 2.75) is 42.9 Å². The van der Waals surface area contributed by atoms with Crippen molar-refractivity contribution in [3.8, 4) is 0 Å². The number of hydrogen-bond donors (Lipinski definition) is 1. The summed E-state index contributed by atoms with van der Waals surface area (Å²) in [7, 11) is 1.95. The van der Waals surface area contributed by atoms with Crippen LogP contribution in [0.1, 0.15) is 43.0 Å². The van der Waals surface area contributed by atoms with Gasteiger partial charge in [-0.2, -0.15) is 0 Å². The van der Waals surface area contributed by atoms with E-state index in [-0.39, 0.29) is 41.9 Å². The van der Waals surface area contributed by atoms with Crippen molar-refractivity contribution in [1.29, 1.82) is 0 Å². The average molecular weight is 463 g/mol. The summed E-state index contributed by atoms with van der Waals surface area (Å²) in [4.78, 5) is 34.1. The lowest BCUT2D eigenvalue weighted by Crippen LogP contribution is -2.42. The summed E-state index contributed by atoms with van der Waals surface area (Å²) >= 11 is 1.41. The van der Waals surface area contributed by atoms with Gasteiger partial charge in [0.05, 0.1) is 10.8 Å². The molecule has 3 rings (SSSR count). The maximum atomic E-state index is 13.1. The smallest absolute Gasteiger partial charge is 0.256 e. The Morgan fingerprint density at radius 1 is 1.21 bits per heavy atom. The first kappa shape index (κ1) is 26.0. The van der Waals surface area contributed by atoms with Gasteiger partial charge in [0.2, 0.25) is 5.91 Å². The van der Waals surface area contributed by atoms with Crippen LogP contribution in [-0.4, -0.2) is 71.6 Å². The molecule has 0 spiro atoms. The topological polar surface area (TPSA) is 65.5 Å². The van der Waals surface area contributed by atoms with Crippen molar-refractivity contribution in [3.05, 3.63) is 23.9 Å². The minimum atomic E-state index is -0.233. The van der Waals surface area contributed by atoms with Gasteiger partial charge in [0, 0.05) is 32.4 Å². The van der Waals surface area contributed by atoms with Gasteiger partial charge in [0.25, 0.3) is 5.91 Å². The third kappa shape index (κ3) is 6.74. The molecule has 2 fully saturated rings. The minimum absolute atomic E-state index is 0. The fourth-order valence-electron chi connectivity index (χ4n) is 3.94. The predicted molar refractivity (Wildman–Crippen MR) is 122 cm³/mol. The minimum Gasteiger partial charge on any atom is -0.342 e. The van der Waals surface area contributed by atoms with Crippen LogP contribution >= 0.6 is 36.6 Å². The van der Waals surface area contributed by atoms with E-state index in [9.17, 15) is 9.59 Å². The lowest BCUT2D eigenvalue weighted by Gasteiger charge is -2.33. The fraction of sp³-hybridized carbons (Fsp3) is 0.650. The van der Waals surface area contributed by atoms with Gasteiger partial charge in [0.1, 0.15) is 5.03 Å². The molecule has 2 unspecified atom stereocenters. The average Bonchev–Trinajstić information content (AvgIpc) is 3.22. The lowest BCUT2D eigenvalue weighted by atomic mass is 9.97. The number of thioether (sulfide) groups is 1. The molecule has 2 amide bonds. The first-order valence-corrected chi connectivity index (χ1v) is 10.8. The second-order valence-electron chi connectivity index (χ2n) is 7.47. The number of nitrogens with zero attached hydrogens (tertiary/aromatic N) is 3. The summed E-state index contributed by atoms with van der Waals surface area (Å²) in [6.07, 6.45) is 6.05. The Labute approximate surface area is 190 Å². The van der Waals surface area contributed by atoms with Crippen LogP contribution in [0.3, 0.4) is 0 Å². The summed E-state index contributed by atoms with van der Waals surface area (Å²) in [6.45, 7) is 6.11. The van der Waals surface area contributed by atoms with Gasteiger partial charge in [0.15, 0.2) is 0 Å². The Bertz CT molecular complexity index is 672. The van der Waals surface area contributed by atoms with Crippen LogP contribution in [-0.2, 0) is 4.79 Å². The van der Waals surface area contributed by atoms with E-state index < -0.39 is 0 Å². The number of amides is 2. The van der Waals surface area contributed by atoms with Crippen LogP contribution < -0.4 is 5.32 Å². The number of piperidine rings is 1. The summed E-state index contributed by atoms with van der Waals surface area (Å²) < 4.78 is 0. The number of carbonyl (C=O) groups is 2. The number of pyridine rings is 1. The standard InChI is InChI=1S/C20H30N4O2S.2ClH/c1-15(19(25)23-10-3-4-11-23)27-18-17(8-5-9-22-18)20(26)24-12-6-7-16(14-24)13-21-2;;/h5,8-9,15-16,21H,3-4,6-7,10-14H2,1-2H3;2*1H. The molecule has 1 aromatic heterocycles. The highest BCUT2D eigenvalue weighted by Crippen LogP contribution is 2.28. The Balaban J connectivity index is 0.00000210. The Kier molecular flexibility index (Phi) is 11.3. The SMILES string of the molecule is CNCC1CCCN(C(=O)c2cccnc2SC(C)C(=O)N2CCCC2)C1.Cl.Cl. The van der Waals surface area contributed by atoms with E-state index in [1.807, 2.05) is 29.8 Å². The number of hydrogen-bond acceptors (Lipinski definition) is 5. The van der Waals surface area contributed by atoms with Crippen molar-refractivity contribution in [3.63, 3.8) is 0 Å². The second-order valence-corrected chi connectivity index (χ2v) is 8.80. The maximum Gasteiger partial charge on any atom is 0.256 e. The molecular weight excluding hydrogens is 431 g/mol. The van der Waals surface area contributed by atoms with Gasteiger partial charge in [-0.3, -0.25) is 9.59 Å². The van der Waals surface area contributed by atoms with Gasteiger partial charge in [-0.05, 0) is 64.3 Å². The predicted octanol–water partition coefficient (Wildman–Crippen LogP) is 3.10. The quantitative estimate of drug-likeness (QED) is 0.657. The molecule has 2 atom stereocenters. The molecule has 1 aromatic rings. The molecule has 29 heavy (non-hydrogen) atoms. The number of carbonyl (C=O) groups excluding carboxylic acids is 2. The van der Waals surface area contributed by atoms with Gasteiger partial charge >= 0.3 is 0 Å². The molecule has 0 aliphatic carbocycles. The van der Waals surface area contributed by atoms with Crippen LogP contribution in [0.4, 0.5) is 0 Å². The van der Waals surface area contributed by atoms with E-state index in [4.69, 9.17) is 0 Å².